The minimum absolute atomic E-state index is 0.497. The van der Waals surface area contributed by atoms with Crippen molar-refractivity contribution in [1.29, 1.82) is 0 Å². The number of rotatable bonds is 3. The van der Waals surface area contributed by atoms with Crippen LogP contribution in [0.3, 0.4) is 0 Å². The Morgan fingerprint density at radius 1 is 1.10 bits per heavy atom. The van der Waals surface area contributed by atoms with Crippen LogP contribution in [-0.4, -0.2) is 10.1 Å². The molecule has 2 aromatic carbocycles. The third-order valence-electron chi connectivity index (χ3n) is 3.58. The molecule has 1 unspecified atom stereocenters. The molecule has 0 saturated carbocycles. The van der Waals surface area contributed by atoms with Crippen molar-refractivity contribution in [2.75, 3.05) is 0 Å². The quantitative estimate of drug-likeness (QED) is 0.779. The number of pyridine rings is 1. The van der Waals surface area contributed by atoms with E-state index < -0.39 is 6.10 Å². The summed E-state index contributed by atoms with van der Waals surface area (Å²) in [5.74, 6) is 0. The number of aliphatic hydroxyl groups excluding tert-OH is 1. The van der Waals surface area contributed by atoms with Gasteiger partial charge in [-0.15, -0.1) is 0 Å². The van der Waals surface area contributed by atoms with Gasteiger partial charge in [0.25, 0.3) is 0 Å². The fourth-order valence-corrected chi connectivity index (χ4v) is 2.61. The lowest BCUT2D eigenvalue weighted by Crippen LogP contribution is -2.02. The first kappa shape index (κ1) is 12.8. The van der Waals surface area contributed by atoms with E-state index in [0.717, 1.165) is 21.9 Å². The maximum absolute atomic E-state index is 10.5. The van der Waals surface area contributed by atoms with Gasteiger partial charge in [-0.05, 0) is 29.5 Å². The molecule has 1 aromatic heterocycles. The van der Waals surface area contributed by atoms with Crippen LogP contribution in [0.2, 0.25) is 0 Å². The predicted octanol–water partition coefficient (Wildman–Crippen LogP) is 3.82. The smallest absolute Gasteiger partial charge is 0.0836 e. The molecule has 0 aliphatic heterocycles. The van der Waals surface area contributed by atoms with E-state index in [9.17, 15) is 5.11 Å². The van der Waals surface area contributed by atoms with Gasteiger partial charge in [-0.3, -0.25) is 4.98 Å². The summed E-state index contributed by atoms with van der Waals surface area (Å²) in [5, 5.41) is 12.7. The topological polar surface area (TPSA) is 33.1 Å². The van der Waals surface area contributed by atoms with Gasteiger partial charge >= 0.3 is 0 Å². The van der Waals surface area contributed by atoms with Crippen LogP contribution in [0, 0.1) is 6.92 Å². The predicted molar refractivity (Wildman–Crippen MR) is 81.6 cm³/mol. The maximum atomic E-state index is 10.5. The maximum Gasteiger partial charge on any atom is 0.0836 e. The molecule has 3 rings (SSSR count). The van der Waals surface area contributed by atoms with Gasteiger partial charge in [0, 0.05) is 24.2 Å². The molecule has 1 N–H and O–H groups in total. The summed E-state index contributed by atoms with van der Waals surface area (Å²) in [4.78, 5) is 4.13. The molecule has 0 amide bonds. The molecule has 1 heterocycles. The number of aryl methyl sites for hydroxylation is 1. The highest BCUT2D eigenvalue weighted by molar-refractivity contribution is 5.85. The minimum atomic E-state index is -0.497. The van der Waals surface area contributed by atoms with Crippen molar-refractivity contribution in [3.8, 4) is 0 Å². The Hall–Kier alpha value is -2.19. The Bertz CT molecular complexity index is 731. The van der Waals surface area contributed by atoms with Gasteiger partial charge in [0.2, 0.25) is 0 Å². The van der Waals surface area contributed by atoms with Crippen LogP contribution in [-0.2, 0) is 6.42 Å². The molecule has 3 aromatic rings. The van der Waals surface area contributed by atoms with Gasteiger partial charge in [0.1, 0.15) is 0 Å². The summed E-state index contributed by atoms with van der Waals surface area (Å²) in [7, 11) is 0. The molecular formula is C18H17NO. The highest BCUT2D eigenvalue weighted by Gasteiger charge is 2.11. The Kier molecular flexibility index (Phi) is 3.48. The number of benzene rings is 2. The molecule has 20 heavy (non-hydrogen) atoms. The van der Waals surface area contributed by atoms with E-state index >= 15 is 0 Å². The van der Waals surface area contributed by atoms with Crippen molar-refractivity contribution in [3.05, 3.63) is 77.6 Å². The first-order valence-electron chi connectivity index (χ1n) is 6.80. The highest BCUT2D eigenvalue weighted by atomic mass is 16.3. The Labute approximate surface area is 118 Å². The summed E-state index contributed by atoms with van der Waals surface area (Å²) in [6.07, 6.45) is 3.73. The second-order valence-electron chi connectivity index (χ2n) is 5.15. The largest absolute Gasteiger partial charge is 0.388 e. The summed E-state index contributed by atoms with van der Waals surface area (Å²) in [6, 6.07) is 16.2. The Balaban J connectivity index is 1.94. The lowest BCUT2D eigenvalue weighted by molar-refractivity contribution is 0.180. The molecule has 0 spiro atoms. The van der Waals surface area contributed by atoms with Gasteiger partial charge in [-0.2, -0.15) is 0 Å². The molecule has 2 heteroatoms. The number of hydrogen-bond donors (Lipinski definition) is 1. The number of fused-ring (bicyclic) bond motifs is 1. The summed E-state index contributed by atoms with van der Waals surface area (Å²) in [6.45, 7) is 2.07. The lowest BCUT2D eigenvalue weighted by atomic mass is 9.96. The number of aliphatic hydroxyl groups is 1. The van der Waals surface area contributed by atoms with Gasteiger partial charge in [-0.1, -0.05) is 48.0 Å². The van der Waals surface area contributed by atoms with Crippen LogP contribution < -0.4 is 0 Å². The minimum Gasteiger partial charge on any atom is -0.388 e. The zero-order valence-corrected chi connectivity index (χ0v) is 11.5. The summed E-state index contributed by atoms with van der Waals surface area (Å²) >= 11 is 0. The van der Waals surface area contributed by atoms with Crippen molar-refractivity contribution < 1.29 is 5.11 Å². The second-order valence-corrected chi connectivity index (χ2v) is 5.15. The van der Waals surface area contributed by atoms with Crippen LogP contribution in [0.15, 0.2) is 60.9 Å². The summed E-state index contributed by atoms with van der Waals surface area (Å²) < 4.78 is 0. The van der Waals surface area contributed by atoms with Gasteiger partial charge in [-0.25, -0.2) is 0 Å². The summed E-state index contributed by atoms with van der Waals surface area (Å²) in [5.41, 5.74) is 3.34. The fraction of sp³-hybridized carbons (Fsp3) is 0.167. The molecule has 0 aliphatic rings. The Morgan fingerprint density at radius 3 is 2.80 bits per heavy atom. The normalized spacial score (nSPS) is 12.5. The molecule has 0 radical (unpaired) electrons. The van der Waals surface area contributed by atoms with Crippen LogP contribution in [0.25, 0.3) is 10.8 Å². The first-order valence-corrected chi connectivity index (χ1v) is 6.80. The third-order valence-corrected chi connectivity index (χ3v) is 3.58. The second kappa shape index (κ2) is 5.43. The SMILES string of the molecule is Cc1cccc(CC(O)c2cccc3cnccc23)c1. The monoisotopic (exact) mass is 263 g/mol. The Morgan fingerprint density at radius 2 is 1.95 bits per heavy atom. The van der Waals surface area contributed by atoms with Crippen LogP contribution in [0.4, 0.5) is 0 Å². The van der Waals surface area contributed by atoms with E-state index in [1.807, 2.05) is 36.5 Å². The third kappa shape index (κ3) is 2.56. The molecule has 1 atom stereocenters. The van der Waals surface area contributed by atoms with Crippen molar-refractivity contribution in [3.63, 3.8) is 0 Å². The van der Waals surface area contributed by atoms with E-state index in [1.54, 1.807) is 6.20 Å². The van der Waals surface area contributed by atoms with Crippen molar-refractivity contribution in [2.45, 2.75) is 19.4 Å². The van der Waals surface area contributed by atoms with E-state index in [1.165, 1.54) is 5.56 Å². The molecule has 0 fully saturated rings. The van der Waals surface area contributed by atoms with Crippen molar-refractivity contribution in [1.82, 2.24) is 4.98 Å². The van der Waals surface area contributed by atoms with Crippen molar-refractivity contribution >= 4 is 10.8 Å². The lowest BCUT2D eigenvalue weighted by Gasteiger charge is -2.14. The first-order chi connectivity index (χ1) is 9.74. The highest BCUT2D eigenvalue weighted by Crippen LogP contribution is 2.26. The van der Waals surface area contributed by atoms with Gasteiger partial charge < -0.3 is 5.11 Å². The fourth-order valence-electron chi connectivity index (χ4n) is 2.61. The average Bonchev–Trinajstić information content (AvgIpc) is 2.46. The zero-order chi connectivity index (χ0) is 13.9. The molecule has 0 aliphatic carbocycles. The standard InChI is InChI=1S/C18H17NO/c1-13-4-2-5-14(10-13)11-18(20)17-7-3-6-15-12-19-9-8-16(15)17/h2-10,12,18,20H,11H2,1H3. The van der Waals surface area contributed by atoms with E-state index in [4.69, 9.17) is 0 Å². The number of aromatic nitrogens is 1. The average molecular weight is 263 g/mol. The molecule has 100 valence electrons. The van der Waals surface area contributed by atoms with E-state index in [-0.39, 0.29) is 0 Å². The van der Waals surface area contributed by atoms with Crippen LogP contribution >= 0.6 is 0 Å². The molecule has 0 bridgehead atoms. The molecule has 0 saturated heterocycles. The van der Waals surface area contributed by atoms with E-state index in [0.29, 0.717) is 6.42 Å². The number of hydrogen-bond acceptors (Lipinski definition) is 2. The van der Waals surface area contributed by atoms with Gasteiger partial charge in [0.15, 0.2) is 0 Å². The van der Waals surface area contributed by atoms with E-state index in [2.05, 4.69) is 30.1 Å². The zero-order valence-electron chi connectivity index (χ0n) is 11.5. The van der Waals surface area contributed by atoms with Crippen LogP contribution in [0.5, 0.6) is 0 Å². The van der Waals surface area contributed by atoms with Crippen molar-refractivity contribution in [2.24, 2.45) is 0 Å². The van der Waals surface area contributed by atoms with Crippen LogP contribution in [0.1, 0.15) is 22.8 Å². The number of nitrogens with zero attached hydrogens (tertiary/aromatic N) is 1. The molecule has 2 nitrogen and oxygen atoms in total. The molecular weight excluding hydrogens is 246 g/mol. The van der Waals surface area contributed by atoms with Gasteiger partial charge in [0.05, 0.1) is 6.10 Å².